The Balaban J connectivity index is 0.00000267. The highest BCUT2D eigenvalue weighted by Gasteiger charge is 2.22. The number of benzene rings is 2. The Hall–Kier alpha value is -2.83. The number of nitrogens with zero attached hydrogens (tertiary/aromatic N) is 3. The molecule has 2 aromatic carbocycles. The zero-order valence-corrected chi connectivity index (χ0v) is 25.2. The fourth-order valence-corrected chi connectivity index (χ4v) is 5.30. The minimum absolute atomic E-state index is 0. The lowest BCUT2D eigenvalue weighted by Crippen LogP contribution is -2.49. The third-order valence-corrected chi connectivity index (χ3v) is 7.64. The summed E-state index contributed by atoms with van der Waals surface area (Å²) in [5, 5.41) is 13.2. The quantitative estimate of drug-likeness (QED) is 0.285. The summed E-state index contributed by atoms with van der Waals surface area (Å²) in [6.07, 6.45) is 1.99. The Kier molecular flexibility index (Phi) is 13.9. The number of hydrogen-bond acceptors (Lipinski definition) is 7. The van der Waals surface area contributed by atoms with Crippen molar-refractivity contribution in [2.45, 2.75) is 24.7 Å². The van der Waals surface area contributed by atoms with E-state index in [0.29, 0.717) is 56.0 Å². The zero-order valence-electron chi connectivity index (χ0n) is 21.9. The highest BCUT2D eigenvalue weighted by atomic mass is 35.5. The molecule has 1 aliphatic rings. The zero-order chi connectivity index (χ0) is 26.4. The summed E-state index contributed by atoms with van der Waals surface area (Å²) in [7, 11) is -3.82. The number of pyridine rings is 1. The molecule has 10 nitrogen and oxygen atoms in total. The number of unbranched alkanes of at least 4 members (excludes halogenated alkanes) is 1. The van der Waals surface area contributed by atoms with Gasteiger partial charge in [0.05, 0.1) is 22.5 Å². The van der Waals surface area contributed by atoms with Crippen molar-refractivity contribution in [2.75, 3.05) is 48.9 Å². The van der Waals surface area contributed by atoms with E-state index in [1.54, 1.807) is 30.3 Å². The first-order chi connectivity index (χ1) is 17.8. The van der Waals surface area contributed by atoms with Crippen molar-refractivity contribution < 1.29 is 23.1 Å². The number of fused-ring (bicyclic) bond motifs is 1. The van der Waals surface area contributed by atoms with Crippen LogP contribution < -0.4 is 14.9 Å². The molecule has 3 N–H and O–H groups in total. The van der Waals surface area contributed by atoms with Gasteiger partial charge in [0.15, 0.2) is 0 Å². The second kappa shape index (κ2) is 15.8. The third kappa shape index (κ3) is 8.84. The summed E-state index contributed by atoms with van der Waals surface area (Å²) in [4.78, 5) is 33.1. The van der Waals surface area contributed by atoms with Gasteiger partial charge < -0.3 is 15.3 Å². The molecule has 0 atom stereocenters. The second-order valence-electron chi connectivity index (χ2n) is 8.95. The summed E-state index contributed by atoms with van der Waals surface area (Å²) in [6, 6.07) is 14.2. The maximum absolute atomic E-state index is 12.7. The van der Waals surface area contributed by atoms with Gasteiger partial charge in [-0.15, -0.1) is 37.2 Å². The standard InChI is InChI=1S/C26H31N5O5S.3ClH/c1-2-3-11-27-25(32)18-30-12-14-31(15-13-30)24-17-22(26(33)34)21-16-19(9-10-23(21)28-24)29-37(35,36)20-7-5-4-6-8-20;;;/h4-10,16-17,29H,2-3,11-15,18H2,1H3,(H,27,32)(H,33,34);3*1H. The molecule has 0 aliphatic carbocycles. The van der Waals surface area contributed by atoms with E-state index in [-0.39, 0.29) is 59.3 Å². The van der Waals surface area contributed by atoms with Crippen LogP contribution in [0.2, 0.25) is 0 Å². The van der Waals surface area contributed by atoms with Gasteiger partial charge in [0.25, 0.3) is 10.0 Å². The van der Waals surface area contributed by atoms with E-state index < -0.39 is 16.0 Å². The van der Waals surface area contributed by atoms with Crippen LogP contribution in [0.15, 0.2) is 59.5 Å². The van der Waals surface area contributed by atoms with Crippen LogP contribution >= 0.6 is 37.2 Å². The molecule has 1 aliphatic heterocycles. The molecule has 0 spiro atoms. The normalized spacial score (nSPS) is 13.4. The summed E-state index contributed by atoms with van der Waals surface area (Å²) in [6.45, 7) is 5.62. The van der Waals surface area contributed by atoms with Gasteiger partial charge in [0, 0.05) is 43.8 Å². The molecular formula is C26H34Cl3N5O5S. The van der Waals surface area contributed by atoms with Gasteiger partial charge in [-0.1, -0.05) is 31.5 Å². The molecule has 40 heavy (non-hydrogen) atoms. The van der Waals surface area contributed by atoms with Crippen LogP contribution in [0.4, 0.5) is 11.5 Å². The average molecular weight is 635 g/mol. The first-order valence-electron chi connectivity index (χ1n) is 12.3. The number of piperazine rings is 1. The van der Waals surface area contributed by atoms with Crippen LogP contribution in [0.5, 0.6) is 0 Å². The van der Waals surface area contributed by atoms with Crippen molar-refractivity contribution in [2.24, 2.45) is 0 Å². The number of rotatable bonds is 10. The summed E-state index contributed by atoms with van der Waals surface area (Å²) < 4.78 is 27.9. The van der Waals surface area contributed by atoms with E-state index in [1.807, 2.05) is 4.90 Å². The predicted molar refractivity (Wildman–Crippen MR) is 164 cm³/mol. The van der Waals surface area contributed by atoms with Crippen molar-refractivity contribution in [1.29, 1.82) is 0 Å². The number of aromatic nitrogens is 1. The lowest BCUT2D eigenvalue weighted by Gasteiger charge is -2.35. The van der Waals surface area contributed by atoms with E-state index in [4.69, 9.17) is 0 Å². The van der Waals surface area contributed by atoms with Crippen molar-refractivity contribution in [3.63, 3.8) is 0 Å². The van der Waals surface area contributed by atoms with Crippen molar-refractivity contribution in [1.82, 2.24) is 15.2 Å². The number of aromatic carboxylic acids is 1. The number of halogens is 3. The van der Waals surface area contributed by atoms with Crippen molar-refractivity contribution >= 4 is 81.5 Å². The Morgan fingerprint density at radius 3 is 2.27 bits per heavy atom. The van der Waals surface area contributed by atoms with Crippen molar-refractivity contribution in [3.05, 3.63) is 60.2 Å². The van der Waals surface area contributed by atoms with Gasteiger partial charge in [0.1, 0.15) is 5.82 Å². The molecule has 3 aromatic rings. The van der Waals surface area contributed by atoms with E-state index in [2.05, 4.69) is 26.8 Å². The number of carboxylic acid groups (broad SMARTS) is 1. The lowest BCUT2D eigenvalue weighted by atomic mass is 10.1. The van der Waals surface area contributed by atoms with Gasteiger partial charge >= 0.3 is 5.97 Å². The Labute approximate surface area is 252 Å². The van der Waals surface area contributed by atoms with Crippen LogP contribution in [0.3, 0.4) is 0 Å². The number of hydrogen-bond donors (Lipinski definition) is 3. The maximum Gasteiger partial charge on any atom is 0.336 e. The largest absolute Gasteiger partial charge is 0.478 e. The molecule has 1 fully saturated rings. The predicted octanol–water partition coefficient (Wildman–Crippen LogP) is 4.04. The highest BCUT2D eigenvalue weighted by molar-refractivity contribution is 7.92. The summed E-state index contributed by atoms with van der Waals surface area (Å²) >= 11 is 0. The first-order valence-corrected chi connectivity index (χ1v) is 13.7. The fourth-order valence-electron chi connectivity index (χ4n) is 4.23. The maximum atomic E-state index is 12.7. The Morgan fingerprint density at radius 1 is 0.975 bits per heavy atom. The average Bonchev–Trinajstić information content (AvgIpc) is 2.89. The molecule has 0 unspecified atom stereocenters. The third-order valence-electron chi connectivity index (χ3n) is 6.25. The molecule has 4 rings (SSSR count). The van der Waals surface area contributed by atoms with Crippen LogP contribution in [-0.2, 0) is 14.8 Å². The number of nitrogens with one attached hydrogen (secondary N) is 2. The number of carbonyl (C=O) groups excluding carboxylic acids is 1. The first kappa shape index (κ1) is 35.2. The van der Waals surface area contributed by atoms with Gasteiger partial charge in [-0.2, -0.15) is 0 Å². The molecule has 2 heterocycles. The SMILES string of the molecule is CCCCNC(=O)CN1CCN(c2cc(C(=O)O)c3cc(NS(=O)(=O)c4ccccc4)ccc3n2)CC1.Cl.Cl.Cl. The summed E-state index contributed by atoms with van der Waals surface area (Å²) in [5.74, 6) is -0.578. The summed E-state index contributed by atoms with van der Waals surface area (Å²) in [5.41, 5.74) is 0.744. The molecule has 1 aromatic heterocycles. The minimum Gasteiger partial charge on any atom is -0.478 e. The fraction of sp³-hybridized carbons (Fsp3) is 0.346. The monoisotopic (exact) mass is 633 g/mol. The van der Waals surface area contributed by atoms with E-state index in [9.17, 15) is 23.1 Å². The second-order valence-corrected chi connectivity index (χ2v) is 10.6. The molecule has 220 valence electrons. The van der Waals surface area contributed by atoms with Gasteiger partial charge in [-0.3, -0.25) is 14.4 Å². The molecule has 0 saturated carbocycles. The molecular weight excluding hydrogens is 601 g/mol. The van der Waals surface area contributed by atoms with Crippen LogP contribution in [0.25, 0.3) is 10.9 Å². The molecule has 1 saturated heterocycles. The molecule has 0 radical (unpaired) electrons. The lowest BCUT2D eigenvalue weighted by molar-refractivity contribution is -0.122. The van der Waals surface area contributed by atoms with E-state index in [1.165, 1.54) is 24.3 Å². The number of carboxylic acids is 1. The van der Waals surface area contributed by atoms with Crippen LogP contribution in [0, 0.1) is 0 Å². The topological polar surface area (TPSA) is 132 Å². The molecule has 14 heteroatoms. The highest BCUT2D eigenvalue weighted by Crippen LogP contribution is 2.28. The van der Waals surface area contributed by atoms with E-state index in [0.717, 1.165) is 12.8 Å². The Morgan fingerprint density at radius 2 is 1.65 bits per heavy atom. The van der Waals surface area contributed by atoms with Gasteiger partial charge in [0.2, 0.25) is 5.91 Å². The van der Waals surface area contributed by atoms with Crippen LogP contribution in [0.1, 0.15) is 30.1 Å². The van der Waals surface area contributed by atoms with E-state index >= 15 is 0 Å². The van der Waals surface area contributed by atoms with Crippen molar-refractivity contribution in [3.8, 4) is 0 Å². The van der Waals surface area contributed by atoms with Gasteiger partial charge in [-0.05, 0) is 42.8 Å². The number of sulfonamides is 1. The number of carbonyl (C=O) groups is 2. The smallest absolute Gasteiger partial charge is 0.336 e. The number of anilines is 2. The van der Waals surface area contributed by atoms with Gasteiger partial charge in [-0.25, -0.2) is 18.2 Å². The molecule has 1 amide bonds. The Bertz CT molecular complexity index is 1390. The molecule has 0 bridgehead atoms. The number of amides is 1. The minimum atomic E-state index is -3.82. The van der Waals surface area contributed by atoms with Crippen LogP contribution in [-0.4, -0.2) is 74.6 Å².